The summed E-state index contributed by atoms with van der Waals surface area (Å²) in [6.07, 6.45) is 9.68. The van der Waals surface area contributed by atoms with Crippen molar-refractivity contribution >= 4 is 34.2 Å². The van der Waals surface area contributed by atoms with E-state index in [1.165, 1.54) is 0 Å². The smallest absolute Gasteiger partial charge is 0.330 e. The average Bonchev–Trinajstić information content (AvgIpc) is 3.57. The maximum atomic E-state index is 14.3. The number of nitrogens with zero attached hydrogens (tertiary/aromatic N) is 2. The third-order valence-corrected chi connectivity index (χ3v) is 8.95. The lowest BCUT2D eigenvalue weighted by molar-refractivity contribution is -0.145. The number of nitrogens with one attached hydrogen (secondary N) is 2. The van der Waals surface area contributed by atoms with Gasteiger partial charge in [-0.25, -0.2) is 9.78 Å². The Morgan fingerprint density at radius 1 is 1.11 bits per heavy atom. The van der Waals surface area contributed by atoms with Gasteiger partial charge in [-0.1, -0.05) is 49.3 Å². The number of carbonyl (C=O) groups excluding carboxylic acids is 2. The van der Waals surface area contributed by atoms with Crippen LogP contribution in [0.15, 0.2) is 72.9 Å². The number of methoxy groups -OCH3 is 1. The molecule has 3 aliphatic rings. The van der Waals surface area contributed by atoms with Crippen molar-refractivity contribution in [2.45, 2.75) is 68.7 Å². The second-order valence-electron chi connectivity index (χ2n) is 11.9. The maximum absolute atomic E-state index is 14.3. The van der Waals surface area contributed by atoms with Crippen molar-refractivity contribution in [1.82, 2.24) is 15.2 Å². The van der Waals surface area contributed by atoms with Gasteiger partial charge in [0, 0.05) is 35.7 Å². The number of pyridine rings is 1. The molecule has 3 heterocycles. The molecule has 10 heteroatoms. The molecule has 44 heavy (non-hydrogen) atoms. The topological polar surface area (TPSA) is 130 Å². The molecule has 2 aliphatic heterocycles. The third kappa shape index (κ3) is 6.06. The Labute approximate surface area is 256 Å². The maximum Gasteiger partial charge on any atom is 0.330 e. The average molecular weight is 599 g/mol. The second-order valence-corrected chi connectivity index (χ2v) is 11.9. The zero-order valence-electron chi connectivity index (χ0n) is 24.8. The van der Waals surface area contributed by atoms with Crippen molar-refractivity contribution in [2.75, 3.05) is 19.0 Å². The summed E-state index contributed by atoms with van der Waals surface area (Å²) in [5, 5.41) is 18.1. The van der Waals surface area contributed by atoms with Crippen LogP contribution in [-0.4, -0.2) is 70.2 Å². The number of hydrogen-bond acceptors (Lipinski definition) is 7. The lowest BCUT2D eigenvalue weighted by Crippen LogP contribution is -2.55. The van der Waals surface area contributed by atoms with E-state index < -0.39 is 35.6 Å². The zero-order valence-corrected chi connectivity index (χ0v) is 24.8. The van der Waals surface area contributed by atoms with E-state index in [0.717, 1.165) is 42.1 Å². The number of allylic oxidation sites excluding steroid dienone is 1. The summed E-state index contributed by atoms with van der Waals surface area (Å²) in [5.41, 5.74) is -0.626. The summed E-state index contributed by atoms with van der Waals surface area (Å²) < 4.78 is 11.8. The van der Waals surface area contributed by atoms with Gasteiger partial charge in [0.05, 0.1) is 13.7 Å². The number of anilines is 1. The summed E-state index contributed by atoms with van der Waals surface area (Å²) in [6.45, 7) is 0.168. The number of aliphatic carboxylic acids is 1. The molecule has 0 radical (unpaired) electrons. The van der Waals surface area contributed by atoms with Crippen molar-refractivity contribution in [3.05, 3.63) is 72.9 Å². The minimum atomic E-state index is -1.36. The number of amides is 2. The second kappa shape index (κ2) is 12.6. The molecule has 1 saturated carbocycles. The Balaban J connectivity index is 1.31. The highest BCUT2D eigenvalue weighted by Gasteiger charge is 2.61. The van der Waals surface area contributed by atoms with E-state index in [1.54, 1.807) is 18.2 Å². The molecule has 230 valence electrons. The zero-order chi connectivity index (χ0) is 30.7. The highest BCUT2D eigenvalue weighted by Crippen LogP contribution is 2.45. The van der Waals surface area contributed by atoms with E-state index in [1.807, 2.05) is 66.7 Å². The van der Waals surface area contributed by atoms with E-state index in [2.05, 4.69) is 15.6 Å². The molecule has 1 aliphatic carbocycles. The Kier molecular flexibility index (Phi) is 8.41. The monoisotopic (exact) mass is 598 g/mol. The molecule has 3 aromatic rings. The first-order valence-corrected chi connectivity index (χ1v) is 15.3. The summed E-state index contributed by atoms with van der Waals surface area (Å²) in [5.74, 6) is -0.957. The number of carboxylic acids is 1. The van der Waals surface area contributed by atoms with Crippen LogP contribution in [0.5, 0.6) is 11.6 Å². The molecule has 2 fully saturated rings. The summed E-state index contributed by atoms with van der Waals surface area (Å²) >= 11 is 0. The number of carboxylic acid groups (broad SMARTS) is 1. The van der Waals surface area contributed by atoms with Crippen LogP contribution in [0.25, 0.3) is 10.8 Å². The van der Waals surface area contributed by atoms with Gasteiger partial charge in [0.1, 0.15) is 29.5 Å². The van der Waals surface area contributed by atoms with E-state index >= 15 is 0 Å². The molecular formula is C34H38N4O6. The number of ether oxygens (including phenoxy) is 2. The van der Waals surface area contributed by atoms with Gasteiger partial charge < -0.3 is 30.1 Å². The van der Waals surface area contributed by atoms with Gasteiger partial charge in [-0.3, -0.25) is 9.59 Å². The fraction of sp³-hybridized carbons (Fsp3) is 0.412. The van der Waals surface area contributed by atoms with Crippen molar-refractivity contribution in [3.63, 3.8) is 0 Å². The van der Waals surface area contributed by atoms with Crippen LogP contribution in [-0.2, 0) is 14.4 Å². The van der Waals surface area contributed by atoms with E-state index in [0.29, 0.717) is 24.5 Å². The first-order valence-electron chi connectivity index (χ1n) is 15.3. The van der Waals surface area contributed by atoms with Gasteiger partial charge >= 0.3 is 5.97 Å². The Morgan fingerprint density at radius 2 is 1.98 bits per heavy atom. The number of rotatable bonds is 6. The van der Waals surface area contributed by atoms with Crippen LogP contribution in [0, 0.1) is 5.92 Å². The molecule has 5 atom stereocenters. The van der Waals surface area contributed by atoms with Crippen molar-refractivity contribution in [1.29, 1.82) is 0 Å². The molecule has 1 saturated heterocycles. The van der Waals surface area contributed by atoms with Gasteiger partial charge in [0.15, 0.2) is 0 Å². The minimum Gasteiger partial charge on any atom is -0.497 e. The fourth-order valence-corrected chi connectivity index (χ4v) is 6.40. The Morgan fingerprint density at radius 3 is 2.82 bits per heavy atom. The molecule has 2 amide bonds. The standard InChI is InChI=1S/C34H38N4O6/c1-43-25-13-9-12-24(18-25)36-28-15-6-4-2-3-5-11-23-20-34(23,33(41)42)37-30(39)29-19-26(21-38(29)32(28)40)44-31-27-14-8-7-10-22(27)16-17-35-31/h5,7-14,16-18,23,26,28-29,36H,2-4,6,15,19-21H2,1H3,(H,37,39)(H,41,42)/b11-5-/t23-,26+,28-,29-,34+/m0/s1. The number of aromatic nitrogens is 1. The molecule has 0 bridgehead atoms. The summed E-state index contributed by atoms with van der Waals surface area (Å²) in [6, 6.07) is 15.6. The van der Waals surface area contributed by atoms with Gasteiger partial charge in [-0.15, -0.1) is 0 Å². The van der Waals surface area contributed by atoms with E-state index in [4.69, 9.17) is 9.47 Å². The molecular weight excluding hydrogens is 560 g/mol. The van der Waals surface area contributed by atoms with Crippen LogP contribution in [0.3, 0.4) is 0 Å². The minimum absolute atomic E-state index is 0.168. The summed E-state index contributed by atoms with van der Waals surface area (Å²) in [4.78, 5) is 46.6. The molecule has 6 rings (SSSR count). The van der Waals surface area contributed by atoms with Gasteiger partial charge in [-0.2, -0.15) is 0 Å². The molecule has 10 nitrogen and oxygen atoms in total. The predicted octanol–water partition coefficient (Wildman–Crippen LogP) is 4.55. The molecule has 0 spiro atoms. The van der Waals surface area contributed by atoms with Crippen LogP contribution in [0.1, 0.15) is 44.9 Å². The predicted molar refractivity (Wildman–Crippen MR) is 166 cm³/mol. The van der Waals surface area contributed by atoms with Crippen LogP contribution in [0.4, 0.5) is 5.69 Å². The highest BCUT2D eigenvalue weighted by molar-refractivity contribution is 5.96. The van der Waals surface area contributed by atoms with Crippen LogP contribution < -0.4 is 20.1 Å². The van der Waals surface area contributed by atoms with Crippen molar-refractivity contribution < 1.29 is 29.0 Å². The third-order valence-electron chi connectivity index (χ3n) is 8.95. The quantitative estimate of drug-likeness (QED) is 0.353. The molecule has 2 aromatic carbocycles. The number of benzene rings is 2. The number of hydrogen-bond donors (Lipinski definition) is 3. The summed E-state index contributed by atoms with van der Waals surface area (Å²) in [7, 11) is 1.59. The van der Waals surface area contributed by atoms with Crippen molar-refractivity contribution in [3.8, 4) is 11.6 Å². The largest absolute Gasteiger partial charge is 0.497 e. The lowest BCUT2D eigenvalue weighted by Gasteiger charge is -2.30. The number of fused-ring (bicyclic) bond motifs is 3. The fourth-order valence-electron chi connectivity index (χ4n) is 6.40. The van der Waals surface area contributed by atoms with E-state index in [-0.39, 0.29) is 24.8 Å². The van der Waals surface area contributed by atoms with Gasteiger partial charge in [-0.05, 0) is 55.3 Å². The van der Waals surface area contributed by atoms with E-state index in [9.17, 15) is 19.5 Å². The lowest BCUT2D eigenvalue weighted by atomic mass is 10.0. The Hall–Kier alpha value is -4.60. The number of carbonyl (C=O) groups is 3. The molecule has 0 unspecified atom stereocenters. The highest BCUT2D eigenvalue weighted by atomic mass is 16.5. The van der Waals surface area contributed by atoms with Gasteiger partial charge in [0.2, 0.25) is 17.7 Å². The van der Waals surface area contributed by atoms with Gasteiger partial charge in [0.25, 0.3) is 0 Å². The van der Waals surface area contributed by atoms with Crippen LogP contribution >= 0.6 is 0 Å². The normalized spacial score (nSPS) is 28.1. The Bertz CT molecular complexity index is 1570. The SMILES string of the molecule is COc1cccc(N[C@H]2CCCCC/C=C\[C@H]3C[C@@]3(C(=O)O)NC(=O)[C@@H]3C[C@@H](Oc4nccc5ccccc45)CN3C2=O)c1. The first-order chi connectivity index (χ1) is 21.4. The molecule has 3 N–H and O–H groups in total. The van der Waals surface area contributed by atoms with Crippen LogP contribution in [0.2, 0.25) is 0 Å². The first kappa shape index (κ1) is 29.5. The van der Waals surface area contributed by atoms with Crippen molar-refractivity contribution in [2.24, 2.45) is 5.92 Å². The molecule has 1 aromatic heterocycles.